The van der Waals surface area contributed by atoms with Crippen LogP contribution in [0.2, 0.25) is 0 Å². The summed E-state index contributed by atoms with van der Waals surface area (Å²) in [6.45, 7) is 10.2. The molecule has 0 saturated carbocycles. The van der Waals surface area contributed by atoms with Crippen LogP contribution in [0.4, 0.5) is 0 Å². The minimum atomic E-state index is -0.315. The van der Waals surface area contributed by atoms with Crippen molar-refractivity contribution in [2.75, 3.05) is 33.4 Å². The fraction of sp³-hybridized carbons (Fsp3) is 0.688. The first-order valence-electron chi connectivity index (χ1n) is 8.22. The van der Waals surface area contributed by atoms with Gasteiger partial charge in [-0.15, -0.1) is 11.3 Å². The van der Waals surface area contributed by atoms with E-state index in [1.54, 1.807) is 14.0 Å². The summed E-state index contributed by atoms with van der Waals surface area (Å²) in [5.41, 5.74) is 0.696. The van der Waals surface area contributed by atoms with Crippen LogP contribution in [0, 0.1) is 6.92 Å². The maximum absolute atomic E-state index is 11.9. The van der Waals surface area contributed by atoms with Gasteiger partial charge in [-0.05, 0) is 34.1 Å². The van der Waals surface area contributed by atoms with Crippen LogP contribution in [0.1, 0.15) is 53.6 Å². The summed E-state index contributed by atoms with van der Waals surface area (Å²) in [6, 6.07) is -0.0602. The maximum Gasteiger partial charge on any atom is 0.350 e. The van der Waals surface area contributed by atoms with Gasteiger partial charge in [0.2, 0.25) is 0 Å². The van der Waals surface area contributed by atoms with Crippen molar-refractivity contribution in [1.82, 2.24) is 15.6 Å². The molecule has 136 valence electrons. The molecule has 1 aromatic heterocycles. The molecule has 24 heavy (non-hydrogen) atoms. The number of ether oxygens (including phenoxy) is 2. The second-order valence-corrected chi connectivity index (χ2v) is 6.13. The zero-order chi connectivity index (χ0) is 17.9. The van der Waals surface area contributed by atoms with E-state index in [0.717, 1.165) is 31.2 Å². The van der Waals surface area contributed by atoms with Crippen LogP contribution < -0.4 is 10.6 Å². The first kappa shape index (κ1) is 20.4. The Morgan fingerprint density at radius 3 is 2.75 bits per heavy atom. The van der Waals surface area contributed by atoms with Gasteiger partial charge in [0.15, 0.2) is 5.96 Å². The van der Waals surface area contributed by atoms with Crippen LogP contribution in [0.5, 0.6) is 0 Å². The van der Waals surface area contributed by atoms with Gasteiger partial charge in [0.05, 0.1) is 18.3 Å². The first-order chi connectivity index (χ1) is 11.5. The number of hydrogen-bond donors (Lipinski definition) is 2. The summed E-state index contributed by atoms with van der Waals surface area (Å²) in [7, 11) is 1.72. The molecule has 0 aliphatic carbocycles. The van der Waals surface area contributed by atoms with E-state index in [0.29, 0.717) is 23.1 Å². The minimum absolute atomic E-state index is 0.0602. The summed E-state index contributed by atoms with van der Waals surface area (Å²) in [5.74, 6) is 0.383. The lowest BCUT2D eigenvalue weighted by Gasteiger charge is -2.16. The molecule has 7 nitrogen and oxygen atoms in total. The minimum Gasteiger partial charge on any atom is -0.462 e. The Bertz CT molecular complexity index is 545. The Balaban J connectivity index is 2.58. The fourth-order valence-corrected chi connectivity index (χ4v) is 2.94. The van der Waals surface area contributed by atoms with Crippen LogP contribution in [0.3, 0.4) is 0 Å². The van der Waals surface area contributed by atoms with Crippen molar-refractivity contribution in [1.29, 1.82) is 0 Å². The van der Waals surface area contributed by atoms with Crippen molar-refractivity contribution < 1.29 is 14.3 Å². The summed E-state index contributed by atoms with van der Waals surface area (Å²) in [4.78, 5) is 21.1. The topological polar surface area (TPSA) is 84.8 Å². The van der Waals surface area contributed by atoms with Crippen LogP contribution in [0.15, 0.2) is 4.99 Å². The van der Waals surface area contributed by atoms with E-state index in [2.05, 4.69) is 20.6 Å². The predicted octanol–water partition coefficient (Wildman–Crippen LogP) is 2.28. The molecule has 2 N–H and O–H groups in total. The SMILES string of the molecule is CCOCCCNC(=NC)NC(C)c1nc(C)c(C(=O)OCC)s1. The van der Waals surface area contributed by atoms with Gasteiger partial charge < -0.3 is 20.1 Å². The van der Waals surface area contributed by atoms with Gasteiger partial charge >= 0.3 is 5.97 Å². The van der Waals surface area contributed by atoms with Gasteiger partial charge in [0.25, 0.3) is 0 Å². The van der Waals surface area contributed by atoms with Gasteiger partial charge in [-0.1, -0.05) is 0 Å². The lowest BCUT2D eigenvalue weighted by molar-refractivity contribution is 0.0531. The van der Waals surface area contributed by atoms with E-state index in [-0.39, 0.29) is 12.0 Å². The van der Waals surface area contributed by atoms with E-state index < -0.39 is 0 Å². The molecule has 0 saturated heterocycles. The molecular weight excluding hydrogens is 328 g/mol. The maximum atomic E-state index is 11.9. The number of hydrogen-bond acceptors (Lipinski definition) is 6. The van der Waals surface area contributed by atoms with Crippen LogP contribution in [-0.4, -0.2) is 50.3 Å². The molecule has 1 aromatic rings. The molecule has 0 spiro atoms. The quantitative estimate of drug-likeness (QED) is 0.306. The number of rotatable bonds is 9. The molecule has 0 radical (unpaired) electrons. The molecule has 0 aromatic carbocycles. The molecule has 0 bridgehead atoms. The Morgan fingerprint density at radius 1 is 1.38 bits per heavy atom. The zero-order valence-corrected chi connectivity index (χ0v) is 16.0. The second kappa shape index (κ2) is 11.0. The first-order valence-corrected chi connectivity index (χ1v) is 9.04. The highest BCUT2D eigenvalue weighted by molar-refractivity contribution is 7.13. The van der Waals surface area contributed by atoms with Crippen molar-refractivity contribution in [3.8, 4) is 0 Å². The number of aromatic nitrogens is 1. The van der Waals surface area contributed by atoms with Gasteiger partial charge in [0.1, 0.15) is 9.88 Å². The van der Waals surface area contributed by atoms with Gasteiger partial charge in [-0.25, -0.2) is 9.78 Å². The molecule has 0 aliphatic rings. The zero-order valence-electron chi connectivity index (χ0n) is 15.1. The molecule has 0 aliphatic heterocycles. The van der Waals surface area contributed by atoms with E-state index in [9.17, 15) is 4.79 Å². The molecule has 1 heterocycles. The van der Waals surface area contributed by atoms with Gasteiger partial charge in [0, 0.05) is 26.8 Å². The smallest absolute Gasteiger partial charge is 0.350 e. The average molecular weight is 356 g/mol. The Kier molecular flexibility index (Phi) is 9.33. The van der Waals surface area contributed by atoms with Crippen molar-refractivity contribution in [3.05, 3.63) is 15.6 Å². The normalized spacial score (nSPS) is 12.8. The number of esters is 1. The highest BCUT2D eigenvalue weighted by Crippen LogP contribution is 2.24. The number of thiazole rings is 1. The number of aliphatic imine (C=N–C) groups is 1. The molecule has 1 rings (SSSR count). The summed E-state index contributed by atoms with van der Waals surface area (Å²) in [5, 5.41) is 7.34. The van der Waals surface area contributed by atoms with Crippen LogP contribution in [0.25, 0.3) is 0 Å². The summed E-state index contributed by atoms with van der Waals surface area (Å²) >= 11 is 1.35. The van der Waals surface area contributed by atoms with Crippen molar-refractivity contribution in [2.24, 2.45) is 4.99 Å². The number of nitrogens with one attached hydrogen (secondary N) is 2. The number of aryl methyl sites for hydroxylation is 1. The number of nitrogens with zero attached hydrogens (tertiary/aromatic N) is 2. The number of guanidine groups is 1. The van der Waals surface area contributed by atoms with Crippen LogP contribution in [-0.2, 0) is 9.47 Å². The monoisotopic (exact) mass is 356 g/mol. The highest BCUT2D eigenvalue weighted by Gasteiger charge is 2.19. The molecule has 0 amide bonds. The van der Waals surface area contributed by atoms with E-state index >= 15 is 0 Å². The Morgan fingerprint density at radius 2 is 2.12 bits per heavy atom. The third-order valence-electron chi connectivity index (χ3n) is 3.18. The largest absolute Gasteiger partial charge is 0.462 e. The number of carbonyl (C=O) groups excluding carboxylic acids is 1. The summed E-state index contributed by atoms with van der Waals surface area (Å²) < 4.78 is 10.4. The van der Waals surface area contributed by atoms with E-state index in [4.69, 9.17) is 9.47 Å². The highest BCUT2D eigenvalue weighted by atomic mass is 32.1. The molecule has 1 unspecified atom stereocenters. The van der Waals surface area contributed by atoms with E-state index in [1.807, 2.05) is 20.8 Å². The lowest BCUT2D eigenvalue weighted by atomic mass is 10.3. The summed E-state index contributed by atoms with van der Waals surface area (Å²) in [6.07, 6.45) is 0.909. The molecule has 0 fully saturated rings. The molecule has 8 heteroatoms. The Hall–Kier alpha value is -1.67. The standard InChI is InChI=1S/C16H28N4O3S/c1-6-22-10-8-9-18-16(17-5)20-12(4)14-19-11(3)13(24-14)15(21)23-7-2/h12H,6-10H2,1-5H3,(H2,17,18,20). The van der Waals surface area contributed by atoms with Gasteiger partial charge in [-0.2, -0.15) is 0 Å². The number of carbonyl (C=O) groups is 1. The van der Waals surface area contributed by atoms with E-state index in [1.165, 1.54) is 11.3 Å². The average Bonchev–Trinajstić information content (AvgIpc) is 2.95. The van der Waals surface area contributed by atoms with Crippen molar-refractivity contribution >= 4 is 23.3 Å². The van der Waals surface area contributed by atoms with Crippen molar-refractivity contribution in [2.45, 2.75) is 40.2 Å². The molecular formula is C16H28N4O3S. The van der Waals surface area contributed by atoms with Gasteiger partial charge in [-0.3, -0.25) is 4.99 Å². The van der Waals surface area contributed by atoms with Crippen LogP contribution >= 0.6 is 11.3 Å². The van der Waals surface area contributed by atoms with Crippen molar-refractivity contribution in [3.63, 3.8) is 0 Å². The lowest BCUT2D eigenvalue weighted by Crippen LogP contribution is -2.39. The third kappa shape index (κ3) is 6.45. The molecule has 1 atom stereocenters. The third-order valence-corrected chi connectivity index (χ3v) is 4.50. The fourth-order valence-electron chi connectivity index (χ4n) is 1.98. The second-order valence-electron chi connectivity index (χ2n) is 5.10. The Labute approximate surface area is 147 Å². The predicted molar refractivity (Wildman–Crippen MR) is 96.8 cm³/mol.